The molecule has 2 aromatic carbocycles. The highest BCUT2D eigenvalue weighted by Gasteiger charge is 2.18. The van der Waals surface area contributed by atoms with Gasteiger partial charge in [-0.25, -0.2) is 8.42 Å². The van der Waals surface area contributed by atoms with E-state index in [1.165, 1.54) is 16.0 Å². The highest BCUT2D eigenvalue weighted by molar-refractivity contribution is 7.91. The van der Waals surface area contributed by atoms with E-state index in [1.54, 1.807) is 35.6 Å². The molecule has 2 heterocycles. The van der Waals surface area contributed by atoms with E-state index in [2.05, 4.69) is 35.5 Å². The molecule has 0 N–H and O–H groups in total. The topological polar surface area (TPSA) is 37.4 Å². The lowest BCUT2D eigenvalue weighted by atomic mass is 10.1. The van der Waals surface area contributed by atoms with Crippen LogP contribution in [0.2, 0.25) is 0 Å². The molecule has 1 aliphatic heterocycles. The summed E-state index contributed by atoms with van der Waals surface area (Å²) in [5.74, 6) is 0. The lowest BCUT2D eigenvalue weighted by Crippen LogP contribution is -2.18. The van der Waals surface area contributed by atoms with Gasteiger partial charge in [-0.05, 0) is 71.3 Å². The molecule has 0 amide bonds. The molecule has 3 nitrogen and oxygen atoms in total. The molecule has 0 bridgehead atoms. The molecule has 4 rings (SSSR count). The minimum atomic E-state index is -3.48. The summed E-state index contributed by atoms with van der Waals surface area (Å²) >= 11 is 1.78. The van der Waals surface area contributed by atoms with E-state index >= 15 is 0 Å². The molecule has 0 fully saturated rings. The normalized spacial score (nSPS) is 13.5. The van der Waals surface area contributed by atoms with Crippen molar-refractivity contribution in [1.82, 2.24) is 4.90 Å². The van der Waals surface area contributed by atoms with E-state index < -0.39 is 9.84 Å². The van der Waals surface area contributed by atoms with Crippen LogP contribution in [0.25, 0.3) is 6.08 Å². The third kappa shape index (κ3) is 4.46. The van der Waals surface area contributed by atoms with Gasteiger partial charge in [-0.2, -0.15) is 0 Å². The Labute approximate surface area is 177 Å². The van der Waals surface area contributed by atoms with Crippen molar-refractivity contribution in [2.75, 3.05) is 0 Å². The van der Waals surface area contributed by atoms with E-state index in [0.29, 0.717) is 9.79 Å². The minimum Gasteiger partial charge on any atom is -0.368 e. The molecular weight excluding hydrogens is 398 g/mol. The van der Waals surface area contributed by atoms with E-state index in [1.807, 2.05) is 24.3 Å². The highest BCUT2D eigenvalue weighted by Crippen LogP contribution is 2.27. The number of benzene rings is 2. The van der Waals surface area contributed by atoms with Crippen molar-refractivity contribution < 1.29 is 8.42 Å². The summed E-state index contributed by atoms with van der Waals surface area (Å²) in [7, 11) is -3.48. The first-order chi connectivity index (χ1) is 14.1. The second-order valence-electron chi connectivity index (χ2n) is 7.41. The van der Waals surface area contributed by atoms with Crippen molar-refractivity contribution >= 4 is 27.3 Å². The Morgan fingerprint density at radius 3 is 2.24 bits per heavy atom. The second-order valence-corrected chi connectivity index (χ2v) is 10.4. The van der Waals surface area contributed by atoms with Crippen LogP contribution >= 0.6 is 11.3 Å². The largest absolute Gasteiger partial charge is 0.368 e. The molecular formula is C24H25NO2S2. The number of sulfone groups is 1. The monoisotopic (exact) mass is 423 g/mol. The average molecular weight is 424 g/mol. The van der Waals surface area contributed by atoms with Crippen molar-refractivity contribution in [3.8, 4) is 0 Å². The molecule has 150 valence electrons. The predicted octanol–water partition coefficient (Wildman–Crippen LogP) is 5.91. The molecule has 0 saturated carbocycles. The molecule has 1 aromatic heterocycles. The number of hydrogen-bond donors (Lipinski definition) is 0. The van der Waals surface area contributed by atoms with Crippen LogP contribution in [0, 0.1) is 0 Å². The van der Waals surface area contributed by atoms with Crippen molar-refractivity contribution in [2.24, 2.45) is 0 Å². The lowest BCUT2D eigenvalue weighted by molar-refractivity contribution is 0.363. The summed E-state index contributed by atoms with van der Waals surface area (Å²) in [5.41, 5.74) is 3.58. The van der Waals surface area contributed by atoms with Crippen LogP contribution in [0.1, 0.15) is 41.3 Å². The van der Waals surface area contributed by atoms with Crippen LogP contribution < -0.4 is 0 Å². The Balaban J connectivity index is 1.45. The van der Waals surface area contributed by atoms with Crippen molar-refractivity contribution in [2.45, 2.75) is 49.1 Å². The highest BCUT2D eigenvalue weighted by atomic mass is 32.2. The van der Waals surface area contributed by atoms with Crippen LogP contribution in [-0.2, 0) is 29.3 Å². The third-order valence-electron chi connectivity index (χ3n) is 5.26. The SMILES string of the molecule is CCCCc1ccc(S(=O)(=O)c2ccc(CN3C=Cc4ccsc4C3)cc2)cc1. The van der Waals surface area contributed by atoms with Crippen LogP contribution in [0.5, 0.6) is 0 Å². The summed E-state index contributed by atoms with van der Waals surface area (Å²) in [6, 6.07) is 16.7. The summed E-state index contributed by atoms with van der Waals surface area (Å²) in [6.07, 6.45) is 7.49. The van der Waals surface area contributed by atoms with Crippen molar-refractivity contribution in [3.63, 3.8) is 0 Å². The molecule has 0 spiro atoms. The number of thiophene rings is 1. The van der Waals surface area contributed by atoms with Gasteiger partial charge in [0.2, 0.25) is 9.84 Å². The zero-order chi connectivity index (χ0) is 20.3. The van der Waals surface area contributed by atoms with Crippen LogP contribution in [0.4, 0.5) is 0 Å². The zero-order valence-corrected chi connectivity index (χ0v) is 18.2. The average Bonchev–Trinajstić information content (AvgIpc) is 3.21. The summed E-state index contributed by atoms with van der Waals surface area (Å²) in [6.45, 7) is 3.82. The molecule has 5 heteroatoms. The smallest absolute Gasteiger partial charge is 0.206 e. The fraction of sp³-hybridized carbons (Fsp3) is 0.250. The number of aryl methyl sites for hydroxylation is 1. The number of fused-ring (bicyclic) bond motifs is 1. The fourth-order valence-corrected chi connectivity index (χ4v) is 5.67. The summed E-state index contributed by atoms with van der Waals surface area (Å²) in [4.78, 5) is 4.32. The van der Waals surface area contributed by atoms with E-state index in [0.717, 1.165) is 37.9 Å². The van der Waals surface area contributed by atoms with Gasteiger partial charge in [-0.1, -0.05) is 37.6 Å². The molecule has 3 aromatic rings. The van der Waals surface area contributed by atoms with Gasteiger partial charge < -0.3 is 4.90 Å². The van der Waals surface area contributed by atoms with Crippen LogP contribution in [0.3, 0.4) is 0 Å². The van der Waals surface area contributed by atoms with Crippen LogP contribution in [-0.4, -0.2) is 13.3 Å². The first-order valence-corrected chi connectivity index (χ1v) is 12.3. The second kappa shape index (κ2) is 8.56. The first-order valence-electron chi connectivity index (χ1n) is 9.98. The Morgan fingerprint density at radius 2 is 1.59 bits per heavy atom. The maximum Gasteiger partial charge on any atom is 0.206 e. The van der Waals surface area contributed by atoms with E-state index in [9.17, 15) is 8.42 Å². The molecule has 29 heavy (non-hydrogen) atoms. The van der Waals surface area contributed by atoms with E-state index in [4.69, 9.17) is 0 Å². The zero-order valence-electron chi connectivity index (χ0n) is 16.5. The Hall–Kier alpha value is -2.37. The van der Waals surface area contributed by atoms with Gasteiger partial charge in [-0.15, -0.1) is 11.3 Å². The molecule has 0 atom stereocenters. The standard InChI is InChI=1S/C24H25NO2S2/c1-2-3-4-19-5-9-22(10-6-19)29(26,27)23-11-7-20(8-12-23)17-25-15-13-21-14-16-28-24(21)18-25/h5-16H,2-4,17-18H2,1H3. The Bertz CT molecular complexity index is 1090. The van der Waals surface area contributed by atoms with Crippen molar-refractivity contribution in [3.05, 3.63) is 87.7 Å². The van der Waals surface area contributed by atoms with Gasteiger partial charge in [0.1, 0.15) is 0 Å². The Morgan fingerprint density at radius 1 is 0.931 bits per heavy atom. The van der Waals surface area contributed by atoms with Gasteiger partial charge in [-0.3, -0.25) is 0 Å². The van der Waals surface area contributed by atoms with Gasteiger partial charge in [0.05, 0.1) is 16.3 Å². The molecule has 0 aliphatic carbocycles. The van der Waals surface area contributed by atoms with Crippen molar-refractivity contribution in [1.29, 1.82) is 0 Å². The lowest BCUT2D eigenvalue weighted by Gasteiger charge is -2.23. The van der Waals surface area contributed by atoms with Gasteiger partial charge >= 0.3 is 0 Å². The Kier molecular flexibility index (Phi) is 5.88. The summed E-state index contributed by atoms with van der Waals surface area (Å²) < 4.78 is 25.9. The number of nitrogens with zero attached hydrogens (tertiary/aromatic N) is 1. The summed E-state index contributed by atoms with van der Waals surface area (Å²) in [5, 5.41) is 2.12. The predicted molar refractivity (Wildman–Crippen MR) is 120 cm³/mol. The quantitative estimate of drug-likeness (QED) is 0.474. The van der Waals surface area contributed by atoms with Gasteiger partial charge in [0.15, 0.2) is 0 Å². The van der Waals surface area contributed by atoms with Gasteiger partial charge in [0.25, 0.3) is 0 Å². The number of rotatable bonds is 7. The maximum absolute atomic E-state index is 12.9. The number of hydrogen-bond acceptors (Lipinski definition) is 4. The fourth-order valence-electron chi connectivity index (χ4n) is 3.52. The van der Waals surface area contributed by atoms with Crippen LogP contribution in [0.15, 0.2) is 76.0 Å². The molecule has 0 radical (unpaired) electrons. The maximum atomic E-state index is 12.9. The van der Waals surface area contributed by atoms with E-state index in [-0.39, 0.29) is 0 Å². The molecule has 1 aliphatic rings. The third-order valence-corrected chi connectivity index (χ3v) is 7.97. The minimum absolute atomic E-state index is 0.345. The number of unbranched alkanes of at least 4 members (excludes halogenated alkanes) is 1. The molecule has 0 saturated heterocycles. The van der Waals surface area contributed by atoms with Gasteiger partial charge in [0, 0.05) is 17.6 Å². The first kappa shape index (κ1) is 19.9. The molecule has 0 unspecified atom stereocenters.